The van der Waals surface area contributed by atoms with Crippen molar-refractivity contribution in [3.63, 3.8) is 0 Å². The zero-order chi connectivity index (χ0) is 13.4. The van der Waals surface area contributed by atoms with Crippen molar-refractivity contribution in [2.45, 2.75) is 6.42 Å². The first kappa shape index (κ1) is 12.2. The first-order chi connectivity index (χ1) is 9.17. The van der Waals surface area contributed by atoms with Gasteiger partial charge in [0.15, 0.2) is 17.5 Å². The van der Waals surface area contributed by atoms with Gasteiger partial charge in [-0.05, 0) is 6.54 Å². The third-order valence-electron chi connectivity index (χ3n) is 2.68. The smallest absolute Gasteiger partial charge is 0.161 e. The summed E-state index contributed by atoms with van der Waals surface area (Å²) in [6, 6.07) is 2.16. The number of halogens is 2. The minimum atomic E-state index is -0.910. The van der Waals surface area contributed by atoms with E-state index < -0.39 is 11.6 Å². The summed E-state index contributed by atoms with van der Waals surface area (Å²) < 4.78 is 26.2. The predicted molar refractivity (Wildman–Crippen MR) is 69.9 cm³/mol. The molecule has 0 bridgehead atoms. The monoisotopic (exact) mass is 280 g/mol. The van der Waals surface area contributed by atoms with Crippen LogP contribution in [0.1, 0.15) is 5.01 Å². The third-order valence-corrected chi connectivity index (χ3v) is 3.59. The van der Waals surface area contributed by atoms with Crippen molar-refractivity contribution in [1.82, 2.24) is 15.0 Å². The second-order valence-corrected chi connectivity index (χ2v) is 4.98. The fourth-order valence-corrected chi connectivity index (χ4v) is 2.58. The Morgan fingerprint density at radius 2 is 2.00 bits per heavy atom. The number of fused-ring (bicyclic) bond motifs is 1. The maximum atomic E-state index is 13.1. The Morgan fingerprint density at radius 1 is 1.21 bits per heavy atom. The first-order valence-electron chi connectivity index (χ1n) is 5.67. The van der Waals surface area contributed by atoms with Crippen molar-refractivity contribution in [1.29, 1.82) is 0 Å². The van der Waals surface area contributed by atoms with E-state index in [0.29, 0.717) is 35.5 Å². The van der Waals surface area contributed by atoms with Crippen LogP contribution in [-0.4, -0.2) is 21.5 Å². The average Bonchev–Trinajstić information content (AvgIpc) is 2.97. The zero-order valence-electron chi connectivity index (χ0n) is 9.78. The molecule has 0 spiro atoms. The Labute approximate surface area is 111 Å². The van der Waals surface area contributed by atoms with Gasteiger partial charge in [-0.2, -0.15) is 0 Å². The Morgan fingerprint density at radius 3 is 2.79 bits per heavy atom. The molecule has 2 aromatic heterocycles. The standard InChI is InChI=1S/C12H10F2N4S/c13-6-3-8-9(4-7(6)14)18-12(17-8)10-5-19-11(16-10)1-2-15/h3-5H,1-2,15H2,(H,17,18). The van der Waals surface area contributed by atoms with Crippen LogP contribution < -0.4 is 5.73 Å². The molecule has 7 heteroatoms. The van der Waals surface area contributed by atoms with E-state index in [1.165, 1.54) is 11.3 Å². The van der Waals surface area contributed by atoms with Gasteiger partial charge < -0.3 is 10.7 Å². The predicted octanol–water partition coefficient (Wildman–Crippen LogP) is 2.47. The van der Waals surface area contributed by atoms with Crippen LogP contribution in [0.15, 0.2) is 17.5 Å². The number of nitrogens with one attached hydrogen (secondary N) is 1. The number of imidazole rings is 1. The lowest BCUT2D eigenvalue weighted by atomic mass is 10.3. The summed E-state index contributed by atoms with van der Waals surface area (Å²) in [6.45, 7) is 0.531. The van der Waals surface area contributed by atoms with Crippen LogP contribution in [0.3, 0.4) is 0 Å². The van der Waals surface area contributed by atoms with Crippen LogP contribution in [0, 0.1) is 11.6 Å². The van der Waals surface area contributed by atoms with Gasteiger partial charge in [-0.1, -0.05) is 0 Å². The number of benzene rings is 1. The van der Waals surface area contributed by atoms with Gasteiger partial charge in [-0.3, -0.25) is 0 Å². The van der Waals surface area contributed by atoms with E-state index in [1.54, 1.807) is 0 Å². The van der Waals surface area contributed by atoms with Crippen molar-refractivity contribution in [3.05, 3.63) is 34.2 Å². The largest absolute Gasteiger partial charge is 0.337 e. The molecule has 3 N–H and O–H groups in total. The van der Waals surface area contributed by atoms with E-state index in [4.69, 9.17) is 5.73 Å². The highest BCUT2D eigenvalue weighted by Crippen LogP contribution is 2.23. The second kappa shape index (κ2) is 4.67. The Kier molecular flexibility index (Phi) is 3.00. The van der Waals surface area contributed by atoms with Crippen molar-refractivity contribution in [3.8, 4) is 11.5 Å². The van der Waals surface area contributed by atoms with E-state index in [0.717, 1.165) is 17.1 Å². The lowest BCUT2D eigenvalue weighted by Crippen LogP contribution is -2.02. The molecule has 0 saturated carbocycles. The maximum Gasteiger partial charge on any atom is 0.161 e. The summed E-state index contributed by atoms with van der Waals surface area (Å²) in [5.74, 6) is -1.31. The molecular weight excluding hydrogens is 270 g/mol. The Bertz CT molecular complexity index is 695. The first-order valence-corrected chi connectivity index (χ1v) is 6.55. The van der Waals surface area contributed by atoms with Crippen LogP contribution in [0.4, 0.5) is 8.78 Å². The third kappa shape index (κ3) is 2.22. The Balaban J connectivity index is 2.04. The topological polar surface area (TPSA) is 67.6 Å². The minimum Gasteiger partial charge on any atom is -0.337 e. The van der Waals surface area contributed by atoms with Gasteiger partial charge in [-0.25, -0.2) is 18.7 Å². The number of aromatic nitrogens is 3. The van der Waals surface area contributed by atoms with Gasteiger partial charge in [0, 0.05) is 23.9 Å². The van der Waals surface area contributed by atoms with Gasteiger partial charge in [-0.15, -0.1) is 11.3 Å². The summed E-state index contributed by atoms with van der Waals surface area (Å²) in [7, 11) is 0. The molecule has 3 aromatic rings. The minimum absolute atomic E-state index is 0.377. The van der Waals surface area contributed by atoms with Crippen molar-refractivity contribution in [2.24, 2.45) is 5.73 Å². The molecule has 0 fully saturated rings. The zero-order valence-corrected chi connectivity index (χ0v) is 10.6. The summed E-state index contributed by atoms with van der Waals surface area (Å²) in [5.41, 5.74) is 6.94. The number of H-pyrrole nitrogens is 1. The normalized spacial score (nSPS) is 11.3. The summed E-state index contributed by atoms with van der Waals surface area (Å²) in [6.07, 6.45) is 0.703. The summed E-state index contributed by atoms with van der Waals surface area (Å²) in [4.78, 5) is 11.5. The van der Waals surface area contributed by atoms with E-state index in [-0.39, 0.29) is 0 Å². The van der Waals surface area contributed by atoms with Crippen molar-refractivity contribution < 1.29 is 8.78 Å². The number of hydrogen-bond acceptors (Lipinski definition) is 4. The van der Waals surface area contributed by atoms with Gasteiger partial charge in [0.25, 0.3) is 0 Å². The highest BCUT2D eigenvalue weighted by atomic mass is 32.1. The van der Waals surface area contributed by atoms with E-state index >= 15 is 0 Å². The fourth-order valence-electron chi connectivity index (χ4n) is 1.78. The lowest BCUT2D eigenvalue weighted by molar-refractivity contribution is 0.510. The van der Waals surface area contributed by atoms with E-state index in [9.17, 15) is 8.78 Å². The number of nitrogens with zero attached hydrogens (tertiary/aromatic N) is 2. The van der Waals surface area contributed by atoms with Gasteiger partial charge in [0.05, 0.1) is 16.0 Å². The molecular formula is C12H10F2N4S. The van der Waals surface area contributed by atoms with Crippen LogP contribution in [0.2, 0.25) is 0 Å². The van der Waals surface area contributed by atoms with Crippen LogP contribution >= 0.6 is 11.3 Å². The Hall–Kier alpha value is -1.86. The molecule has 4 nitrogen and oxygen atoms in total. The molecule has 0 amide bonds. The SMILES string of the molecule is NCCc1nc(-c2nc3cc(F)c(F)cc3[nH]2)cs1. The number of nitrogens with two attached hydrogens (primary N) is 1. The van der Waals surface area contributed by atoms with Gasteiger partial charge in [0.2, 0.25) is 0 Å². The van der Waals surface area contributed by atoms with Crippen LogP contribution in [0.5, 0.6) is 0 Å². The van der Waals surface area contributed by atoms with Crippen molar-refractivity contribution in [2.75, 3.05) is 6.54 Å². The number of rotatable bonds is 3. The average molecular weight is 280 g/mol. The summed E-state index contributed by atoms with van der Waals surface area (Å²) in [5, 5.41) is 2.76. The fraction of sp³-hybridized carbons (Fsp3) is 0.167. The van der Waals surface area contributed by atoms with Gasteiger partial charge >= 0.3 is 0 Å². The molecule has 3 rings (SSSR count). The molecule has 19 heavy (non-hydrogen) atoms. The molecule has 0 saturated heterocycles. The molecule has 1 aromatic carbocycles. The van der Waals surface area contributed by atoms with Crippen molar-refractivity contribution >= 4 is 22.4 Å². The molecule has 2 heterocycles. The van der Waals surface area contributed by atoms with Gasteiger partial charge in [0.1, 0.15) is 5.69 Å². The number of hydrogen-bond donors (Lipinski definition) is 2. The molecule has 0 unspecified atom stereocenters. The maximum absolute atomic E-state index is 13.1. The molecule has 0 radical (unpaired) electrons. The highest BCUT2D eigenvalue weighted by molar-refractivity contribution is 7.09. The second-order valence-electron chi connectivity index (χ2n) is 4.03. The lowest BCUT2D eigenvalue weighted by Gasteiger charge is -1.90. The van der Waals surface area contributed by atoms with Crippen LogP contribution in [-0.2, 0) is 6.42 Å². The quantitative estimate of drug-likeness (QED) is 0.774. The molecule has 0 aliphatic carbocycles. The number of thiazole rings is 1. The number of aromatic amines is 1. The van der Waals surface area contributed by atoms with E-state index in [2.05, 4.69) is 15.0 Å². The molecule has 0 aliphatic rings. The molecule has 0 aliphatic heterocycles. The highest BCUT2D eigenvalue weighted by Gasteiger charge is 2.12. The van der Waals surface area contributed by atoms with Crippen LogP contribution in [0.25, 0.3) is 22.6 Å². The van der Waals surface area contributed by atoms with E-state index in [1.807, 2.05) is 5.38 Å². The summed E-state index contributed by atoms with van der Waals surface area (Å²) >= 11 is 1.49. The molecule has 0 atom stereocenters. The molecule has 98 valence electrons.